The van der Waals surface area contributed by atoms with Crippen LogP contribution in [-0.2, 0) is 13.6 Å². The van der Waals surface area contributed by atoms with Gasteiger partial charge < -0.3 is 5.32 Å². The first-order chi connectivity index (χ1) is 8.61. The van der Waals surface area contributed by atoms with Crippen LogP contribution in [0.3, 0.4) is 0 Å². The molecule has 0 aliphatic carbocycles. The summed E-state index contributed by atoms with van der Waals surface area (Å²) in [5.41, 5.74) is 2.22. The van der Waals surface area contributed by atoms with E-state index in [1.807, 2.05) is 30.9 Å². The highest BCUT2D eigenvalue weighted by Gasteiger charge is 2.09. The smallest absolute Gasteiger partial charge is 0.124 e. The van der Waals surface area contributed by atoms with E-state index in [0.717, 1.165) is 24.5 Å². The molecule has 2 rings (SSSR count). The molecule has 0 fully saturated rings. The van der Waals surface area contributed by atoms with Gasteiger partial charge in [0.2, 0.25) is 0 Å². The number of hydrogen-bond donors (Lipinski definition) is 1. The number of rotatable bonds is 5. The Balaban J connectivity index is 2.06. The van der Waals surface area contributed by atoms with Gasteiger partial charge in [-0.15, -0.1) is 0 Å². The Kier molecular flexibility index (Phi) is 3.69. The molecule has 1 N–H and O–H groups in total. The molecular formula is C13H21N5. The maximum absolute atomic E-state index is 4.38. The van der Waals surface area contributed by atoms with Crippen molar-refractivity contribution >= 4 is 5.82 Å². The second-order valence-corrected chi connectivity index (χ2v) is 4.67. The summed E-state index contributed by atoms with van der Waals surface area (Å²) < 4.78 is 3.94. The van der Waals surface area contributed by atoms with Gasteiger partial charge in [-0.05, 0) is 26.3 Å². The lowest BCUT2D eigenvalue weighted by atomic mass is 10.2. The number of hydrogen-bond acceptors (Lipinski definition) is 3. The lowest BCUT2D eigenvalue weighted by Gasteiger charge is -2.14. The standard InChI is InChI=1S/C13H21N5/c1-5-11(3)18-12(6-7-15-18)9-14-13-8-10(2)16-17(13)4/h6-8,11,14H,5,9H2,1-4H3. The van der Waals surface area contributed by atoms with E-state index < -0.39 is 0 Å². The van der Waals surface area contributed by atoms with Gasteiger partial charge in [0.25, 0.3) is 0 Å². The Morgan fingerprint density at radius 1 is 1.44 bits per heavy atom. The van der Waals surface area contributed by atoms with Crippen LogP contribution in [0.4, 0.5) is 5.82 Å². The van der Waals surface area contributed by atoms with Crippen LogP contribution in [0, 0.1) is 6.92 Å². The highest BCUT2D eigenvalue weighted by molar-refractivity contribution is 5.37. The zero-order valence-electron chi connectivity index (χ0n) is 11.5. The zero-order valence-corrected chi connectivity index (χ0v) is 11.5. The van der Waals surface area contributed by atoms with Crippen molar-refractivity contribution in [2.75, 3.05) is 5.32 Å². The maximum Gasteiger partial charge on any atom is 0.124 e. The minimum atomic E-state index is 0.435. The third kappa shape index (κ3) is 2.55. The van der Waals surface area contributed by atoms with E-state index in [1.54, 1.807) is 0 Å². The molecule has 2 aromatic rings. The zero-order chi connectivity index (χ0) is 13.1. The molecule has 0 amide bonds. The van der Waals surface area contributed by atoms with Gasteiger partial charge in [0.1, 0.15) is 5.82 Å². The highest BCUT2D eigenvalue weighted by atomic mass is 15.3. The number of aromatic nitrogens is 4. The van der Waals surface area contributed by atoms with E-state index in [0.29, 0.717) is 6.04 Å². The van der Waals surface area contributed by atoms with Gasteiger partial charge in [0.05, 0.1) is 17.9 Å². The van der Waals surface area contributed by atoms with E-state index >= 15 is 0 Å². The fraction of sp³-hybridized carbons (Fsp3) is 0.538. The number of nitrogens with one attached hydrogen (secondary N) is 1. The summed E-state index contributed by atoms with van der Waals surface area (Å²) >= 11 is 0. The Bertz CT molecular complexity index is 511. The van der Waals surface area contributed by atoms with Crippen LogP contribution in [-0.4, -0.2) is 19.6 Å². The molecule has 1 atom stereocenters. The maximum atomic E-state index is 4.38. The molecule has 2 heterocycles. The van der Waals surface area contributed by atoms with Crippen LogP contribution in [0.15, 0.2) is 18.3 Å². The number of nitrogens with zero attached hydrogens (tertiary/aromatic N) is 4. The lowest BCUT2D eigenvalue weighted by Crippen LogP contribution is -2.13. The van der Waals surface area contributed by atoms with Gasteiger partial charge in [0.15, 0.2) is 0 Å². The van der Waals surface area contributed by atoms with Gasteiger partial charge in [-0.3, -0.25) is 9.36 Å². The first-order valence-electron chi connectivity index (χ1n) is 6.38. The summed E-state index contributed by atoms with van der Waals surface area (Å²) in [4.78, 5) is 0. The molecule has 0 bridgehead atoms. The molecule has 98 valence electrons. The summed E-state index contributed by atoms with van der Waals surface area (Å²) in [5, 5.41) is 12.1. The van der Waals surface area contributed by atoms with Gasteiger partial charge >= 0.3 is 0 Å². The largest absolute Gasteiger partial charge is 0.365 e. The third-order valence-corrected chi connectivity index (χ3v) is 3.21. The molecule has 5 heteroatoms. The second kappa shape index (κ2) is 5.25. The molecule has 2 aromatic heterocycles. The molecule has 1 unspecified atom stereocenters. The van der Waals surface area contributed by atoms with Crippen LogP contribution in [0.2, 0.25) is 0 Å². The third-order valence-electron chi connectivity index (χ3n) is 3.21. The Morgan fingerprint density at radius 2 is 2.22 bits per heavy atom. The van der Waals surface area contributed by atoms with Gasteiger partial charge in [-0.1, -0.05) is 6.92 Å². The molecular weight excluding hydrogens is 226 g/mol. The van der Waals surface area contributed by atoms with Crippen LogP contribution in [0.1, 0.15) is 37.7 Å². The first kappa shape index (κ1) is 12.7. The SMILES string of the molecule is CCC(C)n1nccc1CNc1cc(C)nn1C. The second-order valence-electron chi connectivity index (χ2n) is 4.67. The minimum Gasteiger partial charge on any atom is -0.365 e. The van der Waals surface area contributed by atoms with E-state index in [4.69, 9.17) is 0 Å². The summed E-state index contributed by atoms with van der Waals surface area (Å²) in [6.45, 7) is 7.12. The number of anilines is 1. The molecule has 0 saturated heterocycles. The van der Waals surface area contributed by atoms with Crippen molar-refractivity contribution in [1.29, 1.82) is 0 Å². The summed E-state index contributed by atoms with van der Waals surface area (Å²) in [7, 11) is 1.95. The van der Waals surface area contributed by atoms with Crippen molar-refractivity contribution in [2.45, 2.75) is 39.8 Å². The van der Waals surface area contributed by atoms with E-state index in [1.165, 1.54) is 5.69 Å². The van der Waals surface area contributed by atoms with E-state index in [9.17, 15) is 0 Å². The summed E-state index contributed by atoms with van der Waals surface area (Å²) in [5.74, 6) is 1.03. The van der Waals surface area contributed by atoms with Crippen LogP contribution in [0.5, 0.6) is 0 Å². The predicted molar refractivity (Wildman–Crippen MR) is 72.5 cm³/mol. The average molecular weight is 247 g/mol. The van der Waals surface area contributed by atoms with Crippen molar-refractivity contribution in [3.8, 4) is 0 Å². The fourth-order valence-corrected chi connectivity index (χ4v) is 2.01. The Morgan fingerprint density at radius 3 is 2.83 bits per heavy atom. The fourth-order valence-electron chi connectivity index (χ4n) is 2.01. The van der Waals surface area contributed by atoms with Gasteiger partial charge in [-0.2, -0.15) is 10.2 Å². The summed E-state index contributed by atoms with van der Waals surface area (Å²) in [6.07, 6.45) is 2.94. The molecule has 0 aromatic carbocycles. The minimum absolute atomic E-state index is 0.435. The average Bonchev–Trinajstić information content (AvgIpc) is 2.92. The van der Waals surface area contributed by atoms with Crippen molar-refractivity contribution in [2.24, 2.45) is 7.05 Å². The quantitative estimate of drug-likeness (QED) is 0.883. The van der Waals surface area contributed by atoms with Crippen LogP contribution < -0.4 is 5.32 Å². The highest BCUT2D eigenvalue weighted by Crippen LogP contribution is 2.14. The predicted octanol–water partition coefficient (Wildman–Crippen LogP) is 2.51. The lowest BCUT2D eigenvalue weighted by molar-refractivity contribution is 0.462. The molecule has 0 aliphatic heterocycles. The van der Waals surface area contributed by atoms with Crippen molar-refractivity contribution < 1.29 is 0 Å². The van der Waals surface area contributed by atoms with Crippen molar-refractivity contribution in [3.63, 3.8) is 0 Å². The van der Waals surface area contributed by atoms with Gasteiger partial charge in [-0.25, -0.2) is 0 Å². The van der Waals surface area contributed by atoms with Crippen molar-refractivity contribution in [1.82, 2.24) is 19.6 Å². The van der Waals surface area contributed by atoms with Crippen molar-refractivity contribution in [3.05, 3.63) is 29.7 Å². The normalized spacial score (nSPS) is 12.7. The van der Waals surface area contributed by atoms with E-state index in [2.05, 4.69) is 40.1 Å². The number of aryl methyl sites for hydroxylation is 2. The summed E-state index contributed by atoms with van der Waals surface area (Å²) in [6, 6.07) is 4.54. The molecule has 0 saturated carbocycles. The molecule has 0 spiro atoms. The molecule has 5 nitrogen and oxygen atoms in total. The topological polar surface area (TPSA) is 47.7 Å². The Hall–Kier alpha value is -1.78. The molecule has 0 aliphatic rings. The first-order valence-corrected chi connectivity index (χ1v) is 6.38. The van der Waals surface area contributed by atoms with Crippen LogP contribution in [0.25, 0.3) is 0 Å². The monoisotopic (exact) mass is 247 g/mol. The van der Waals surface area contributed by atoms with Gasteiger partial charge in [0, 0.05) is 25.4 Å². The molecule has 18 heavy (non-hydrogen) atoms. The van der Waals surface area contributed by atoms with E-state index in [-0.39, 0.29) is 0 Å². The Labute approximate surface area is 108 Å². The van der Waals surface area contributed by atoms with Crippen LogP contribution >= 0.6 is 0 Å². The molecule has 0 radical (unpaired) electrons.